The summed E-state index contributed by atoms with van der Waals surface area (Å²) in [6.45, 7) is 6.45. The Labute approximate surface area is 104 Å². The number of aryl methyl sites for hydroxylation is 1. The van der Waals surface area contributed by atoms with Gasteiger partial charge in [-0.2, -0.15) is 0 Å². The number of aliphatic hydroxyl groups is 1. The summed E-state index contributed by atoms with van der Waals surface area (Å²) in [5, 5.41) is 9.10. The Morgan fingerprint density at radius 3 is 2.47 bits per heavy atom. The summed E-state index contributed by atoms with van der Waals surface area (Å²) < 4.78 is 5.55. The van der Waals surface area contributed by atoms with Gasteiger partial charge < -0.3 is 9.84 Å². The Bertz CT molecular complexity index is 338. The summed E-state index contributed by atoms with van der Waals surface area (Å²) in [6, 6.07) is 8.37. The van der Waals surface area contributed by atoms with E-state index in [4.69, 9.17) is 9.84 Å². The first-order valence-electron chi connectivity index (χ1n) is 6.12. The van der Waals surface area contributed by atoms with Crippen LogP contribution in [0.1, 0.15) is 31.4 Å². The standard InChI is InChI=1S/C15H22O2/c1-12-4-7-15(8-5-12)9-6-14(3)17-11-10-13(2)16/h4-9,13-14,16H,10-11H2,1-3H3/b9-6+. The lowest BCUT2D eigenvalue weighted by Gasteiger charge is -2.09. The molecular formula is C15H22O2. The summed E-state index contributed by atoms with van der Waals surface area (Å²) >= 11 is 0. The van der Waals surface area contributed by atoms with Gasteiger partial charge >= 0.3 is 0 Å². The van der Waals surface area contributed by atoms with Crippen LogP contribution >= 0.6 is 0 Å². The largest absolute Gasteiger partial charge is 0.393 e. The average molecular weight is 234 g/mol. The molecule has 0 spiro atoms. The zero-order valence-corrected chi connectivity index (χ0v) is 10.9. The van der Waals surface area contributed by atoms with Crippen molar-refractivity contribution in [1.82, 2.24) is 0 Å². The highest BCUT2D eigenvalue weighted by Gasteiger charge is 1.99. The fraction of sp³-hybridized carbons (Fsp3) is 0.467. The monoisotopic (exact) mass is 234 g/mol. The van der Waals surface area contributed by atoms with Crippen LogP contribution in [-0.4, -0.2) is 23.9 Å². The fourth-order valence-electron chi connectivity index (χ4n) is 1.40. The quantitative estimate of drug-likeness (QED) is 0.819. The first-order valence-corrected chi connectivity index (χ1v) is 6.12. The van der Waals surface area contributed by atoms with E-state index in [2.05, 4.69) is 37.3 Å². The van der Waals surface area contributed by atoms with Gasteiger partial charge in [0.25, 0.3) is 0 Å². The minimum Gasteiger partial charge on any atom is -0.393 e. The fourth-order valence-corrected chi connectivity index (χ4v) is 1.40. The molecule has 0 radical (unpaired) electrons. The van der Waals surface area contributed by atoms with E-state index in [0.29, 0.717) is 13.0 Å². The Kier molecular flexibility index (Phi) is 5.95. The van der Waals surface area contributed by atoms with Crippen molar-refractivity contribution in [2.75, 3.05) is 6.61 Å². The number of aliphatic hydroxyl groups excluding tert-OH is 1. The van der Waals surface area contributed by atoms with Crippen LogP contribution in [0.3, 0.4) is 0 Å². The first-order chi connectivity index (χ1) is 8.08. The number of benzene rings is 1. The van der Waals surface area contributed by atoms with Crippen LogP contribution in [0.5, 0.6) is 0 Å². The van der Waals surface area contributed by atoms with Crippen LogP contribution in [0.4, 0.5) is 0 Å². The third kappa shape index (κ3) is 6.25. The van der Waals surface area contributed by atoms with Crippen LogP contribution in [0.15, 0.2) is 30.3 Å². The third-order valence-electron chi connectivity index (χ3n) is 2.55. The molecule has 1 rings (SSSR count). The Balaban J connectivity index is 2.34. The van der Waals surface area contributed by atoms with E-state index in [1.54, 1.807) is 6.92 Å². The molecule has 0 fully saturated rings. The van der Waals surface area contributed by atoms with Crippen molar-refractivity contribution in [3.05, 3.63) is 41.5 Å². The molecule has 0 heterocycles. The van der Waals surface area contributed by atoms with Gasteiger partial charge in [0, 0.05) is 6.61 Å². The van der Waals surface area contributed by atoms with Crippen molar-refractivity contribution < 1.29 is 9.84 Å². The maximum atomic E-state index is 9.10. The summed E-state index contributed by atoms with van der Waals surface area (Å²) in [6.07, 6.45) is 4.57. The van der Waals surface area contributed by atoms with Crippen molar-refractivity contribution in [2.24, 2.45) is 0 Å². The van der Waals surface area contributed by atoms with E-state index in [1.807, 2.05) is 13.0 Å². The lowest BCUT2D eigenvalue weighted by atomic mass is 10.1. The highest BCUT2D eigenvalue weighted by Crippen LogP contribution is 2.06. The normalized spacial score (nSPS) is 15.1. The topological polar surface area (TPSA) is 29.5 Å². The molecule has 0 aliphatic carbocycles. The van der Waals surface area contributed by atoms with Gasteiger partial charge in [0.2, 0.25) is 0 Å². The van der Waals surface area contributed by atoms with Gasteiger partial charge in [0.15, 0.2) is 0 Å². The molecule has 0 saturated carbocycles. The van der Waals surface area contributed by atoms with Gasteiger partial charge in [-0.15, -0.1) is 0 Å². The molecule has 94 valence electrons. The van der Waals surface area contributed by atoms with E-state index < -0.39 is 0 Å². The molecule has 2 unspecified atom stereocenters. The van der Waals surface area contributed by atoms with Gasteiger partial charge in [-0.05, 0) is 32.8 Å². The minimum absolute atomic E-state index is 0.0788. The smallest absolute Gasteiger partial charge is 0.0730 e. The van der Waals surface area contributed by atoms with Crippen LogP contribution in [0.25, 0.3) is 6.08 Å². The van der Waals surface area contributed by atoms with E-state index in [0.717, 1.165) is 0 Å². The van der Waals surface area contributed by atoms with Crippen molar-refractivity contribution in [2.45, 2.75) is 39.4 Å². The van der Waals surface area contributed by atoms with E-state index in [9.17, 15) is 0 Å². The molecule has 2 heteroatoms. The maximum Gasteiger partial charge on any atom is 0.0730 e. The molecule has 0 amide bonds. The van der Waals surface area contributed by atoms with Crippen molar-refractivity contribution in [3.63, 3.8) is 0 Å². The summed E-state index contributed by atoms with van der Waals surface area (Å²) in [5.41, 5.74) is 2.45. The molecule has 1 aromatic rings. The summed E-state index contributed by atoms with van der Waals surface area (Å²) in [7, 11) is 0. The SMILES string of the molecule is Cc1ccc(/C=C/C(C)OCCC(C)O)cc1. The second-order valence-corrected chi connectivity index (χ2v) is 4.48. The third-order valence-corrected chi connectivity index (χ3v) is 2.55. The van der Waals surface area contributed by atoms with Crippen LogP contribution < -0.4 is 0 Å². The highest BCUT2D eigenvalue weighted by atomic mass is 16.5. The van der Waals surface area contributed by atoms with Gasteiger partial charge in [-0.3, -0.25) is 0 Å². The number of hydrogen-bond acceptors (Lipinski definition) is 2. The number of hydrogen-bond donors (Lipinski definition) is 1. The van der Waals surface area contributed by atoms with E-state index in [-0.39, 0.29) is 12.2 Å². The molecule has 0 aliphatic rings. The van der Waals surface area contributed by atoms with Gasteiger partial charge in [0.1, 0.15) is 0 Å². The number of rotatable bonds is 6. The molecule has 0 aromatic heterocycles. The van der Waals surface area contributed by atoms with Gasteiger partial charge in [0.05, 0.1) is 12.2 Å². The predicted molar refractivity (Wildman–Crippen MR) is 71.9 cm³/mol. The zero-order valence-electron chi connectivity index (χ0n) is 10.9. The molecule has 1 aromatic carbocycles. The minimum atomic E-state index is -0.289. The van der Waals surface area contributed by atoms with Crippen LogP contribution in [0, 0.1) is 6.92 Å². The predicted octanol–water partition coefficient (Wildman–Crippen LogP) is 3.18. The van der Waals surface area contributed by atoms with E-state index >= 15 is 0 Å². The second-order valence-electron chi connectivity index (χ2n) is 4.48. The van der Waals surface area contributed by atoms with Crippen LogP contribution in [-0.2, 0) is 4.74 Å². The Morgan fingerprint density at radius 1 is 1.24 bits per heavy atom. The molecule has 0 aliphatic heterocycles. The van der Waals surface area contributed by atoms with Crippen molar-refractivity contribution in [3.8, 4) is 0 Å². The van der Waals surface area contributed by atoms with E-state index in [1.165, 1.54) is 11.1 Å². The lowest BCUT2D eigenvalue weighted by molar-refractivity contribution is 0.0652. The van der Waals surface area contributed by atoms with Gasteiger partial charge in [-0.25, -0.2) is 0 Å². The Morgan fingerprint density at radius 2 is 1.88 bits per heavy atom. The maximum absolute atomic E-state index is 9.10. The second kappa shape index (κ2) is 7.25. The van der Waals surface area contributed by atoms with Crippen molar-refractivity contribution in [1.29, 1.82) is 0 Å². The zero-order chi connectivity index (χ0) is 12.7. The molecule has 0 bridgehead atoms. The molecule has 17 heavy (non-hydrogen) atoms. The first kappa shape index (κ1) is 13.9. The molecule has 0 saturated heterocycles. The summed E-state index contributed by atoms with van der Waals surface area (Å²) in [4.78, 5) is 0. The lowest BCUT2D eigenvalue weighted by Crippen LogP contribution is -2.10. The summed E-state index contributed by atoms with van der Waals surface area (Å²) in [5.74, 6) is 0. The molecular weight excluding hydrogens is 212 g/mol. The Hall–Kier alpha value is -1.12. The van der Waals surface area contributed by atoms with Crippen molar-refractivity contribution >= 4 is 6.08 Å². The molecule has 2 atom stereocenters. The average Bonchev–Trinajstić information content (AvgIpc) is 2.28. The van der Waals surface area contributed by atoms with Crippen LogP contribution in [0.2, 0.25) is 0 Å². The number of ether oxygens (including phenoxy) is 1. The molecule has 2 nitrogen and oxygen atoms in total. The highest BCUT2D eigenvalue weighted by molar-refractivity contribution is 5.50. The van der Waals surface area contributed by atoms with Gasteiger partial charge in [-0.1, -0.05) is 42.0 Å². The molecule has 1 N–H and O–H groups in total.